The molecule has 1 saturated heterocycles. The first-order chi connectivity index (χ1) is 25.5. The molecule has 2 heterocycles. The summed E-state index contributed by atoms with van der Waals surface area (Å²) in [7, 11) is 0. The van der Waals surface area contributed by atoms with E-state index in [1.54, 1.807) is 6.92 Å². The van der Waals surface area contributed by atoms with Crippen LogP contribution < -0.4 is 10.2 Å². The number of hydrogen-bond acceptors (Lipinski definition) is 12. The monoisotopic (exact) mass is 722 g/mol. The van der Waals surface area contributed by atoms with Gasteiger partial charge in [-0.3, -0.25) is 19.2 Å². The van der Waals surface area contributed by atoms with Gasteiger partial charge in [0.1, 0.15) is 39.9 Å². The Balaban J connectivity index is 1.46. The third-order valence-electron chi connectivity index (χ3n) is 8.66. The van der Waals surface area contributed by atoms with Crippen LogP contribution in [0.4, 0.5) is 0 Å². The average molecular weight is 723 g/mol. The number of phenols is 1. The summed E-state index contributed by atoms with van der Waals surface area (Å²) < 4.78 is 42.5. The highest BCUT2D eigenvalue weighted by Gasteiger charge is 2.54. The van der Waals surface area contributed by atoms with E-state index in [-0.39, 0.29) is 23.3 Å². The Bertz CT molecular complexity index is 2030. The molecule has 12 nitrogen and oxygen atoms in total. The van der Waals surface area contributed by atoms with Gasteiger partial charge in [0.05, 0.1) is 6.61 Å². The Morgan fingerprint density at radius 2 is 1.19 bits per heavy atom. The van der Waals surface area contributed by atoms with Crippen LogP contribution in [-0.2, 0) is 43.7 Å². The molecule has 0 saturated carbocycles. The Labute approximate surface area is 304 Å². The van der Waals surface area contributed by atoms with Gasteiger partial charge in [-0.25, -0.2) is 0 Å². The van der Waals surface area contributed by atoms with E-state index in [4.69, 9.17) is 32.8 Å². The van der Waals surface area contributed by atoms with Gasteiger partial charge in [0.25, 0.3) is 0 Å². The first-order valence-electron chi connectivity index (χ1n) is 16.9. The van der Waals surface area contributed by atoms with Crippen molar-refractivity contribution in [3.8, 4) is 11.5 Å². The van der Waals surface area contributed by atoms with E-state index in [9.17, 15) is 24.3 Å². The lowest BCUT2D eigenvalue weighted by Gasteiger charge is -2.45. The molecule has 274 valence electrons. The number of ether oxygens (including phenoxy) is 6. The van der Waals surface area contributed by atoms with Gasteiger partial charge in [-0.1, -0.05) is 91.0 Å². The molecule has 1 aliphatic rings. The minimum Gasteiger partial charge on any atom is -0.507 e. The zero-order valence-electron chi connectivity index (χ0n) is 29.4. The highest BCUT2D eigenvalue weighted by molar-refractivity contribution is 5.84. The summed E-state index contributed by atoms with van der Waals surface area (Å²) in [5.41, 5.74) is 0.674. The highest BCUT2D eigenvalue weighted by atomic mass is 16.7. The molecule has 12 heteroatoms. The topological polar surface area (TPSA) is 157 Å². The summed E-state index contributed by atoms with van der Waals surface area (Å²) in [5, 5.41) is 10.7. The molecular formula is C41H38O12. The lowest BCUT2D eigenvalue weighted by Crippen LogP contribution is -2.63. The standard InChI is InChI=1S/C41H38O12/c1-24-20-32(45)36-33(46)21-31(22-34(36)48-24)52-40-39(51-27(4)44)38(50-26(3)43)37(49-25(2)42)35(53-40)23-47-41(28-14-8-5-9-15-28,29-16-10-6-11-17-29)30-18-12-7-13-19-30/h5-22,35,37-40,46H,23H2,1-4H3/t35-,37-,38+,39-,40-/m1/s1. The van der Waals surface area contributed by atoms with Crippen molar-refractivity contribution >= 4 is 28.9 Å². The lowest BCUT2D eigenvalue weighted by molar-refractivity contribution is -0.292. The van der Waals surface area contributed by atoms with Gasteiger partial charge in [-0.05, 0) is 23.6 Å². The third kappa shape index (κ3) is 7.93. The van der Waals surface area contributed by atoms with Crippen LogP contribution in [0.15, 0.2) is 118 Å². The Morgan fingerprint density at radius 1 is 0.698 bits per heavy atom. The van der Waals surface area contributed by atoms with Gasteiger partial charge in [0, 0.05) is 39.0 Å². The zero-order chi connectivity index (χ0) is 37.7. The SMILES string of the molecule is CC(=O)O[C@@H]1[C@@H](OC(C)=O)[C@H](Oc2cc(O)c3c(=O)cc(C)oc3c2)O[C@H](COC(c2ccccc2)(c2ccccc2)c2ccccc2)[C@H]1OC(C)=O. The number of fused-ring (bicyclic) bond motifs is 1. The average Bonchev–Trinajstić information content (AvgIpc) is 3.11. The molecule has 0 aliphatic carbocycles. The molecule has 1 aliphatic heterocycles. The maximum atomic E-state index is 12.6. The number of carbonyl (C=O) groups excluding carboxylic acids is 3. The fourth-order valence-electron chi connectivity index (χ4n) is 6.63. The Hall–Kier alpha value is -5.98. The van der Waals surface area contributed by atoms with Crippen molar-refractivity contribution < 1.29 is 52.3 Å². The van der Waals surface area contributed by atoms with E-state index in [2.05, 4.69) is 0 Å². The van der Waals surface area contributed by atoms with Gasteiger partial charge < -0.3 is 37.9 Å². The normalized spacial score (nSPS) is 20.0. The van der Waals surface area contributed by atoms with Gasteiger partial charge >= 0.3 is 17.9 Å². The molecule has 0 radical (unpaired) electrons. The molecule has 0 spiro atoms. The molecule has 5 atom stereocenters. The molecule has 1 N–H and O–H groups in total. The smallest absolute Gasteiger partial charge is 0.303 e. The predicted molar refractivity (Wildman–Crippen MR) is 190 cm³/mol. The van der Waals surface area contributed by atoms with E-state index < -0.39 is 65.4 Å². The van der Waals surface area contributed by atoms with E-state index in [1.165, 1.54) is 25.1 Å². The van der Waals surface area contributed by atoms with Crippen LogP contribution in [0.2, 0.25) is 0 Å². The van der Waals surface area contributed by atoms with Gasteiger partial charge in [0.15, 0.2) is 17.6 Å². The van der Waals surface area contributed by atoms with E-state index >= 15 is 0 Å². The Morgan fingerprint density at radius 3 is 1.70 bits per heavy atom. The fraction of sp³-hybridized carbons (Fsp3) is 0.268. The first-order valence-corrected chi connectivity index (χ1v) is 16.9. The number of phenolic OH excluding ortho intramolecular Hbond substituents is 1. The van der Waals surface area contributed by atoms with Crippen molar-refractivity contribution in [3.63, 3.8) is 0 Å². The summed E-state index contributed by atoms with van der Waals surface area (Å²) in [6.45, 7) is 4.78. The number of hydrogen-bond donors (Lipinski definition) is 1. The molecule has 0 unspecified atom stereocenters. The van der Waals surface area contributed by atoms with Crippen LogP contribution in [-0.4, -0.2) is 60.3 Å². The quantitative estimate of drug-likeness (QED) is 0.101. The molecule has 0 amide bonds. The minimum absolute atomic E-state index is 0.0254. The van der Waals surface area contributed by atoms with E-state index in [1.807, 2.05) is 91.0 Å². The van der Waals surface area contributed by atoms with E-state index in [0.717, 1.165) is 30.5 Å². The molecule has 1 fully saturated rings. The fourth-order valence-corrected chi connectivity index (χ4v) is 6.63. The van der Waals surface area contributed by atoms with Crippen LogP contribution >= 0.6 is 0 Å². The predicted octanol–water partition coefficient (Wildman–Crippen LogP) is 5.71. The van der Waals surface area contributed by atoms with Crippen molar-refractivity contribution in [2.75, 3.05) is 6.61 Å². The van der Waals surface area contributed by atoms with Crippen LogP contribution in [0.3, 0.4) is 0 Å². The zero-order valence-corrected chi connectivity index (χ0v) is 29.4. The van der Waals surface area contributed by atoms with Gasteiger partial charge in [0.2, 0.25) is 12.4 Å². The van der Waals surface area contributed by atoms with Crippen LogP contribution in [0.1, 0.15) is 43.2 Å². The molecule has 6 rings (SSSR count). The van der Waals surface area contributed by atoms with Crippen molar-refractivity contribution in [2.24, 2.45) is 0 Å². The summed E-state index contributed by atoms with van der Waals surface area (Å²) in [4.78, 5) is 50.3. The second kappa shape index (κ2) is 15.7. The number of benzene rings is 4. The van der Waals surface area contributed by atoms with Gasteiger partial charge in [-0.2, -0.15) is 0 Å². The summed E-state index contributed by atoms with van der Waals surface area (Å²) >= 11 is 0. The van der Waals surface area contributed by atoms with E-state index in [0.29, 0.717) is 5.76 Å². The molecule has 5 aromatic rings. The van der Waals surface area contributed by atoms with Gasteiger partial charge in [-0.15, -0.1) is 0 Å². The van der Waals surface area contributed by atoms with Crippen LogP contribution in [0.25, 0.3) is 11.0 Å². The van der Waals surface area contributed by atoms with Crippen LogP contribution in [0, 0.1) is 6.92 Å². The van der Waals surface area contributed by atoms with Crippen molar-refractivity contribution in [1.29, 1.82) is 0 Å². The number of aromatic hydroxyl groups is 1. The maximum absolute atomic E-state index is 12.6. The maximum Gasteiger partial charge on any atom is 0.303 e. The summed E-state index contributed by atoms with van der Waals surface area (Å²) in [5.74, 6) is -2.45. The third-order valence-corrected chi connectivity index (χ3v) is 8.66. The largest absolute Gasteiger partial charge is 0.507 e. The summed E-state index contributed by atoms with van der Waals surface area (Å²) in [6, 6.07) is 32.4. The first kappa shape index (κ1) is 36.8. The second-order valence-corrected chi connectivity index (χ2v) is 12.5. The van der Waals surface area contributed by atoms with Crippen LogP contribution in [0.5, 0.6) is 11.5 Å². The minimum atomic E-state index is -1.53. The lowest BCUT2D eigenvalue weighted by atomic mass is 9.80. The number of esters is 3. The molecule has 4 aromatic carbocycles. The Kier molecular flexibility index (Phi) is 10.9. The molecule has 0 bridgehead atoms. The summed E-state index contributed by atoms with van der Waals surface area (Å²) in [6.07, 6.45) is -7.02. The van der Waals surface area contributed by atoms with Crippen molar-refractivity contribution in [3.05, 3.63) is 142 Å². The second-order valence-electron chi connectivity index (χ2n) is 12.5. The van der Waals surface area contributed by atoms with Crippen molar-refractivity contribution in [1.82, 2.24) is 0 Å². The molecular weight excluding hydrogens is 684 g/mol. The highest BCUT2D eigenvalue weighted by Crippen LogP contribution is 2.42. The van der Waals surface area contributed by atoms with Crippen molar-refractivity contribution in [2.45, 2.75) is 64.0 Å². The number of rotatable bonds is 11. The number of aryl methyl sites for hydroxylation is 1. The molecule has 1 aromatic heterocycles. The molecule has 53 heavy (non-hydrogen) atoms. The number of carbonyl (C=O) groups is 3.